The van der Waals surface area contributed by atoms with Crippen molar-refractivity contribution in [2.45, 2.75) is 38.9 Å². The molecule has 3 heterocycles. The predicted molar refractivity (Wildman–Crippen MR) is 114 cm³/mol. The zero-order chi connectivity index (χ0) is 20.1. The standard InChI is InChI=1S/C21H30N4O2S/c1-15-14-17(16(2)24(15)11-13-27-4)20-19(18-8-5-6-9-22-18)23-21(28)25(20)10-7-12-26-3/h5-6,8-9,14,19-20H,7,10-13H2,1-4H3,(H,23,28)/t19-,20+/m0/s1. The SMILES string of the molecule is COCCCN1C(=S)N[C@@H](c2ccccn2)[C@H]1c1cc(C)n(CCOC)c1C. The van der Waals surface area contributed by atoms with Crippen LogP contribution in [-0.2, 0) is 16.0 Å². The Morgan fingerprint density at radius 2 is 1.93 bits per heavy atom. The summed E-state index contributed by atoms with van der Waals surface area (Å²) < 4.78 is 12.9. The van der Waals surface area contributed by atoms with Crippen molar-refractivity contribution in [3.63, 3.8) is 0 Å². The van der Waals surface area contributed by atoms with Crippen molar-refractivity contribution in [3.05, 3.63) is 53.1 Å². The van der Waals surface area contributed by atoms with E-state index in [0.717, 1.165) is 30.3 Å². The number of thiocarbonyl (C=S) groups is 1. The van der Waals surface area contributed by atoms with E-state index in [9.17, 15) is 0 Å². The minimum Gasteiger partial charge on any atom is -0.385 e. The Balaban J connectivity index is 1.99. The largest absolute Gasteiger partial charge is 0.385 e. The molecule has 1 saturated heterocycles. The molecule has 0 radical (unpaired) electrons. The number of hydrogen-bond acceptors (Lipinski definition) is 4. The van der Waals surface area contributed by atoms with Gasteiger partial charge in [-0.1, -0.05) is 6.07 Å². The maximum atomic E-state index is 5.72. The number of rotatable bonds is 9. The van der Waals surface area contributed by atoms with Crippen LogP contribution in [0.1, 0.15) is 41.1 Å². The van der Waals surface area contributed by atoms with Gasteiger partial charge in [0.1, 0.15) is 0 Å². The molecule has 1 fully saturated rings. The molecular formula is C21H30N4O2S. The molecule has 0 aliphatic carbocycles. The van der Waals surface area contributed by atoms with Crippen LogP contribution in [0.4, 0.5) is 0 Å². The van der Waals surface area contributed by atoms with Gasteiger partial charge in [0.25, 0.3) is 0 Å². The highest BCUT2D eigenvalue weighted by Crippen LogP contribution is 2.40. The van der Waals surface area contributed by atoms with Crippen molar-refractivity contribution < 1.29 is 9.47 Å². The van der Waals surface area contributed by atoms with Gasteiger partial charge in [-0.3, -0.25) is 4.98 Å². The van der Waals surface area contributed by atoms with Gasteiger partial charge in [0.15, 0.2) is 5.11 Å². The Hall–Kier alpha value is -1.96. The first-order chi connectivity index (χ1) is 13.6. The van der Waals surface area contributed by atoms with Crippen molar-refractivity contribution >= 4 is 17.3 Å². The molecule has 0 amide bonds. The summed E-state index contributed by atoms with van der Waals surface area (Å²) in [7, 11) is 3.47. The minimum atomic E-state index is 0.0209. The molecule has 2 atom stereocenters. The highest BCUT2D eigenvalue weighted by molar-refractivity contribution is 7.80. The summed E-state index contributed by atoms with van der Waals surface area (Å²) in [5.41, 5.74) is 4.78. The molecule has 0 unspecified atom stereocenters. The smallest absolute Gasteiger partial charge is 0.170 e. The van der Waals surface area contributed by atoms with Crippen molar-refractivity contribution in [1.29, 1.82) is 0 Å². The van der Waals surface area contributed by atoms with Gasteiger partial charge in [0, 0.05) is 51.5 Å². The number of aryl methyl sites for hydroxylation is 1. The second kappa shape index (κ2) is 9.49. The Morgan fingerprint density at radius 3 is 2.61 bits per heavy atom. The number of nitrogens with one attached hydrogen (secondary N) is 1. The van der Waals surface area contributed by atoms with Gasteiger partial charge in [-0.05, 0) is 56.2 Å². The number of ether oxygens (including phenoxy) is 2. The molecule has 2 aromatic heterocycles. The molecule has 3 rings (SSSR count). The fraction of sp³-hybridized carbons (Fsp3) is 0.524. The quantitative estimate of drug-likeness (QED) is 0.514. The lowest BCUT2D eigenvalue weighted by atomic mass is 9.96. The zero-order valence-corrected chi connectivity index (χ0v) is 18.0. The van der Waals surface area contributed by atoms with Crippen LogP contribution >= 0.6 is 12.2 Å². The van der Waals surface area contributed by atoms with Gasteiger partial charge in [0.2, 0.25) is 0 Å². The van der Waals surface area contributed by atoms with Gasteiger partial charge in [-0.25, -0.2) is 0 Å². The third kappa shape index (κ3) is 4.21. The van der Waals surface area contributed by atoms with Gasteiger partial charge >= 0.3 is 0 Å². The highest BCUT2D eigenvalue weighted by Gasteiger charge is 2.40. The molecular weight excluding hydrogens is 372 g/mol. The number of pyridine rings is 1. The molecule has 7 heteroatoms. The normalized spacial score (nSPS) is 19.3. The summed E-state index contributed by atoms with van der Waals surface area (Å²) in [6, 6.07) is 8.44. The summed E-state index contributed by atoms with van der Waals surface area (Å²) in [6.07, 6.45) is 2.76. The first kappa shape index (κ1) is 20.8. The van der Waals surface area contributed by atoms with E-state index in [4.69, 9.17) is 21.7 Å². The predicted octanol–water partition coefficient (Wildman–Crippen LogP) is 3.16. The topological polar surface area (TPSA) is 51.5 Å². The summed E-state index contributed by atoms with van der Waals surface area (Å²) in [4.78, 5) is 6.90. The lowest BCUT2D eigenvalue weighted by Crippen LogP contribution is -2.31. The Kier molecular flexibility index (Phi) is 7.04. The second-order valence-corrected chi connectivity index (χ2v) is 7.52. The van der Waals surface area contributed by atoms with Crippen molar-refractivity contribution in [1.82, 2.24) is 19.8 Å². The van der Waals surface area contributed by atoms with Gasteiger partial charge in [-0.15, -0.1) is 0 Å². The van der Waals surface area contributed by atoms with E-state index in [0.29, 0.717) is 13.2 Å². The summed E-state index contributed by atoms with van der Waals surface area (Å²) in [5.74, 6) is 0. The lowest BCUT2D eigenvalue weighted by molar-refractivity contribution is 0.180. The number of nitrogens with zero attached hydrogens (tertiary/aromatic N) is 3. The molecule has 0 bridgehead atoms. The van der Waals surface area contributed by atoms with Crippen LogP contribution in [0.15, 0.2) is 30.5 Å². The average Bonchev–Trinajstić information content (AvgIpc) is 3.17. The van der Waals surface area contributed by atoms with E-state index in [1.807, 2.05) is 18.3 Å². The van der Waals surface area contributed by atoms with Crippen LogP contribution in [0, 0.1) is 13.8 Å². The van der Waals surface area contributed by atoms with Crippen LogP contribution < -0.4 is 5.32 Å². The molecule has 0 aromatic carbocycles. The van der Waals surface area contributed by atoms with Crippen LogP contribution in [0.25, 0.3) is 0 Å². The Labute approximate surface area is 172 Å². The lowest BCUT2D eigenvalue weighted by Gasteiger charge is -2.28. The zero-order valence-electron chi connectivity index (χ0n) is 17.1. The van der Waals surface area contributed by atoms with Crippen LogP contribution in [-0.4, -0.2) is 53.5 Å². The maximum Gasteiger partial charge on any atom is 0.170 e. The van der Waals surface area contributed by atoms with Gasteiger partial charge in [-0.2, -0.15) is 0 Å². The molecule has 0 spiro atoms. The summed E-state index contributed by atoms with van der Waals surface area (Å²) >= 11 is 5.72. The van der Waals surface area contributed by atoms with Crippen LogP contribution in [0.5, 0.6) is 0 Å². The van der Waals surface area contributed by atoms with Gasteiger partial charge in [0.05, 0.1) is 24.4 Å². The number of methoxy groups -OCH3 is 2. The second-order valence-electron chi connectivity index (χ2n) is 7.14. The fourth-order valence-corrected chi connectivity index (χ4v) is 4.35. The molecule has 28 heavy (non-hydrogen) atoms. The molecule has 1 aliphatic rings. The monoisotopic (exact) mass is 402 g/mol. The van der Waals surface area contributed by atoms with Crippen LogP contribution in [0.2, 0.25) is 0 Å². The fourth-order valence-electron chi connectivity index (χ4n) is 4.02. The number of hydrogen-bond donors (Lipinski definition) is 1. The average molecular weight is 403 g/mol. The molecule has 2 aromatic rings. The first-order valence-corrected chi connectivity index (χ1v) is 10.1. The highest BCUT2D eigenvalue weighted by atomic mass is 32.1. The maximum absolute atomic E-state index is 5.72. The molecule has 1 N–H and O–H groups in total. The van der Waals surface area contributed by atoms with E-state index in [1.54, 1.807) is 14.2 Å². The molecule has 152 valence electrons. The van der Waals surface area contributed by atoms with Crippen molar-refractivity contribution in [3.8, 4) is 0 Å². The van der Waals surface area contributed by atoms with Gasteiger partial charge < -0.3 is 24.3 Å². The van der Waals surface area contributed by atoms with Crippen LogP contribution in [0.3, 0.4) is 0 Å². The van der Waals surface area contributed by atoms with Crippen molar-refractivity contribution in [2.75, 3.05) is 34.0 Å². The molecule has 6 nitrogen and oxygen atoms in total. The third-order valence-electron chi connectivity index (χ3n) is 5.40. The Bertz CT molecular complexity index is 793. The van der Waals surface area contributed by atoms with E-state index in [2.05, 4.69) is 45.7 Å². The Morgan fingerprint density at radius 1 is 1.14 bits per heavy atom. The van der Waals surface area contributed by atoms with E-state index < -0.39 is 0 Å². The number of aromatic nitrogens is 2. The van der Waals surface area contributed by atoms with E-state index >= 15 is 0 Å². The third-order valence-corrected chi connectivity index (χ3v) is 5.75. The minimum absolute atomic E-state index is 0.0209. The summed E-state index contributed by atoms with van der Waals surface area (Å²) in [5, 5.41) is 4.29. The van der Waals surface area contributed by atoms with E-state index in [-0.39, 0.29) is 12.1 Å². The first-order valence-electron chi connectivity index (χ1n) is 9.71. The van der Waals surface area contributed by atoms with E-state index in [1.165, 1.54) is 17.0 Å². The molecule has 1 aliphatic heterocycles. The molecule has 0 saturated carbocycles. The van der Waals surface area contributed by atoms with Crippen molar-refractivity contribution in [2.24, 2.45) is 0 Å². The summed E-state index contributed by atoms with van der Waals surface area (Å²) in [6.45, 7) is 7.43.